The summed E-state index contributed by atoms with van der Waals surface area (Å²) < 4.78 is 13.3. The van der Waals surface area contributed by atoms with Crippen LogP contribution in [0.4, 0.5) is 10.1 Å². The van der Waals surface area contributed by atoms with Crippen LogP contribution in [0, 0.1) is 11.7 Å². The van der Waals surface area contributed by atoms with E-state index in [0.29, 0.717) is 30.6 Å². The fourth-order valence-corrected chi connectivity index (χ4v) is 5.06. The molecule has 0 radical (unpaired) electrons. The van der Waals surface area contributed by atoms with E-state index >= 15 is 0 Å². The van der Waals surface area contributed by atoms with Gasteiger partial charge in [0.25, 0.3) is 5.91 Å². The number of hydrogen-bond acceptors (Lipinski definition) is 3. The van der Waals surface area contributed by atoms with Gasteiger partial charge in [0.2, 0.25) is 0 Å². The molecule has 1 N–H and O–H groups in total. The van der Waals surface area contributed by atoms with Gasteiger partial charge in [-0.1, -0.05) is 67.9 Å². The van der Waals surface area contributed by atoms with Crippen LogP contribution in [-0.2, 0) is 17.8 Å². The Morgan fingerprint density at radius 3 is 2.59 bits per heavy atom. The second-order valence-corrected chi connectivity index (χ2v) is 9.37. The molecule has 1 amide bonds. The van der Waals surface area contributed by atoms with Crippen molar-refractivity contribution in [3.63, 3.8) is 0 Å². The quantitative estimate of drug-likeness (QED) is 0.509. The Morgan fingerprint density at radius 1 is 1.06 bits per heavy atom. The summed E-state index contributed by atoms with van der Waals surface area (Å²) in [4.78, 5) is 20.1. The second-order valence-electron chi connectivity index (χ2n) is 9.37. The van der Waals surface area contributed by atoms with Gasteiger partial charge in [0.15, 0.2) is 0 Å². The minimum atomic E-state index is -0.253. The fraction of sp³-hybridized carbons (Fsp3) is 0.310. The van der Waals surface area contributed by atoms with Gasteiger partial charge < -0.3 is 5.32 Å². The molecule has 3 aromatic carbocycles. The predicted molar refractivity (Wildman–Crippen MR) is 135 cm³/mol. The van der Waals surface area contributed by atoms with Crippen LogP contribution in [0.5, 0.6) is 0 Å². The monoisotopic (exact) mass is 455 g/mol. The van der Waals surface area contributed by atoms with Crippen molar-refractivity contribution in [2.75, 3.05) is 13.1 Å². The van der Waals surface area contributed by atoms with Crippen LogP contribution in [0.2, 0.25) is 0 Å². The third-order valence-electron chi connectivity index (χ3n) is 7.06. The third kappa shape index (κ3) is 4.95. The van der Waals surface area contributed by atoms with E-state index in [2.05, 4.69) is 46.4 Å². The van der Waals surface area contributed by atoms with Crippen molar-refractivity contribution in [1.82, 2.24) is 10.2 Å². The molecule has 1 saturated heterocycles. The number of aliphatic imine (C=N–C) groups is 1. The van der Waals surface area contributed by atoms with Crippen LogP contribution in [0.25, 0.3) is 11.1 Å². The number of amides is 1. The summed E-state index contributed by atoms with van der Waals surface area (Å²) in [6, 6.07) is 23.3. The highest BCUT2D eigenvalue weighted by Crippen LogP contribution is 2.32. The summed E-state index contributed by atoms with van der Waals surface area (Å²) in [5.41, 5.74) is 5.65. The molecule has 0 aromatic heterocycles. The molecule has 34 heavy (non-hydrogen) atoms. The Hall–Kier alpha value is -3.31. The minimum absolute atomic E-state index is 0.0841. The van der Waals surface area contributed by atoms with Crippen LogP contribution in [-0.4, -0.2) is 35.7 Å². The van der Waals surface area contributed by atoms with Crippen molar-refractivity contribution in [2.24, 2.45) is 10.9 Å². The van der Waals surface area contributed by atoms with E-state index in [0.717, 1.165) is 48.3 Å². The summed E-state index contributed by atoms with van der Waals surface area (Å²) >= 11 is 0. The third-order valence-corrected chi connectivity index (χ3v) is 7.06. The first-order chi connectivity index (χ1) is 16.6. The zero-order valence-corrected chi connectivity index (χ0v) is 19.5. The molecule has 0 saturated carbocycles. The van der Waals surface area contributed by atoms with E-state index in [1.54, 1.807) is 12.1 Å². The number of carbonyl (C=O) groups excluding carboxylic acids is 1. The summed E-state index contributed by atoms with van der Waals surface area (Å²) in [6.07, 6.45) is 2.81. The molecule has 2 atom stereocenters. The molecule has 4 nitrogen and oxygen atoms in total. The maximum atomic E-state index is 13.3. The number of benzene rings is 3. The van der Waals surface area contributed by atoms with Crippen LogP contribution in [0.3, 0.4) is 0 Å². The van der Waals surface area contributed by atoms with Gasteiger partial charge in [0, 0.05) is 32.1 Å². The van der Waals surface area contributed by atoms with Crippen LogP contribution < -0.4 is 5.32 Å². The molecule has 5 heteroatoms. The van der Waals surface area contributed by atoms with Crippen LogP contribution in [0.15, 0.2) is 77.8 Å². The lowest BCUT2D eigenvalue weighted by molar-refractivity contribution is -0.115. The molecule has 3 aromatic rings. The maximum absolute atomic E-state index is 13.3. The van der Waals surface area contributed by atoms with Crippen molar-refractivity contribution in [1.29, 1.82) is 0 Å². The van der Waals surface area contributed by atoms with Crippen LogP contribution in [0.1, 0.15) is 30.9 Å². The fourth-order valence-electron chi connectivity index (χ4n) is 5.06. The Morgan fingerprint density at radius 2 is 1.82 bits per heavy atom. The number of halogens is 1. The van der Waals surface area contributed by atoms with Gasteiger partial charge in [-0.05, 0) is 52.8 Å². The maximum Gasteiger partial charge on any atom is 0.266 e. The number of fused-ring (bicyclic) bond motifs is 1. The van der Waals surface area contributed by atoms with Gasteiger partial charge in [-0.2, -0.15) is 0 Å². The first kappa shape index (κ1) is 22.5. The summed E-state index contributed by atoms with van der Waals surface area (Å²) in [6.45, 7) is 4.87. The molecule has 1 fully saturated rings. The Balaban J connectivity index is 1.23. The molecule has 2 aliphatic heterocycles. The lowest BCUT2D eigenvalue weighted by Gasteiger charge is -2.24. The molecule has 2 heterocycles. The van der Waals surface area contributed by atoms with E-state index < -0.39 is 0 Å². The highest BCUT2D eigenvalue weighted by Gasteiger charge is 2.31. The molecule has 0 spiro atoms. The summed E-state index contributed by atoms with van der Waals surface area (Å²) in [5.74, 6) is 0.333. The van der Waals surface area contributed by atoms with Gasteiger partial charge >= 0.3 is 0 Å². The number of likely N-dealkylation sites (tertiary alicyclic amines) is 1. The molecule has 5 rings (SSSR count). The average Bonchev–Trinajstić information content (AvgIpc) is 3.47. The highest BCUT2D eigenvalue weighted by atomic mass is 19.1. The number of rotatable bonds is 7. The summed E-state index contributed by atoms with van der Waals surface area (Å²) in [7, 11) is 0. The van der Waals surface area contributed by atoms with E-state index in [1.807, 2.05) is 24.3 Å². The molecule has 2 aliphatic rings. The molecular weight excluding hydrogens is 425 g/mol. The molecule has 0 bridgehead atoms. The van der Waals surface area contributed by atoms with Gasteiger partial charge in [0.1, 0.15) is 11.5 Å². The molecular formula is C29H30FN3O. The van der Waals surface area contributed by atoms with Crippen molar-refractivity contribution in [3.8, 4) is 11.1 Å². The van der Waals surface area contributed by atoms with E-state index in [1.165, 1.54) is 17.7 Å². The first-order valence-electron chi connectivity index (χ1n) is 12.1. The van der Waals surface area contributed by atoms with E-state index in [4.69, 9.17) is 0 Å². The normalized spacial score (nSPS) is 19.6. The molecule has 174 valence electrons. The summed E-state index contributed by atoms with van der Waals surface area (Å²) in [5, 5.41) is 3.16. The number of nitrogens with one attached hydrogen (secondary N) is 1. The molecule has 0 unspecified atom stereocenters. The van der Waals surface area contributed by atoms with E-state index in [-0.39, 0.29) is 11.7 Å². The largest absolute Gasteiger partial charge is 0.349 e. The van der Waals surface area contributed by atoms with Gasteiger partial charge in [-0.3, -0.25) is 9.69 Å². The zero-order chi connectivity index (χ0) is 23.5. The standard InChI is InChI=1S/C29H30FN3O/c1-2-20-14-26(33(18-20)19-21-6-4-3-5-7-21)17-31-29(34)28-16-24-9-8-23(15-27(24)32-28)22-10-12-25(30)13-11-22/h3-13,15,20,26H,2,14,16-19H2,1H3,(H,31,34)/t20-,26-/m0/s1. The Labute approximate surface area is 200 Å². The first-order valence-corrected chi connectivity index (χ1v) is 12.1. The smallest absolute Gasteiger partial charge is 0.266 e. The second kappa shape index (κ2) is 9.90. The Bertz CT molecular complexity index is 1190. The number of hydrogen-bond donors (Lipinski definition) is 1. The SMILES string of the molecule is CC[C@H]1C[C@@H](CNC(=O)C2=Nc3cc(-c4ccc(F)cc4)ccc3C2)N(Cc2ccccc2)C1. The topological polar surface area (TPSA) is 44.7 Å². The van der Waals surface area contributed by atoms with Gasteiger partial charge in [-0.15, -0.1) is 0 Å². The number of carbonyl (C=O) groups is 1. The van der Waals surface area contributed by atoms with Crippen molar-refractivity contribution >= 4 is 17.3 Å². The number of nitrogens with zero attached hydrogens (tertiary/aromatic N) is 2. The Kier molecular flexibility index (Phi) is 6.54. The van der Waals surface area contributed by atoms with E-state index in [9.17, 15) is 9.18 Å². The average molecular weight is 456 g/mol. The lowest BCUT2D eigenvalue weighted by Crippen LogP contribution is -2.42. The zero-order valence-electron chi connectivity index (χ0n) is 19.5. The van der Waals surface area contributed by atoms with Crippen molar-refractivity contribution in [2.45, 2.75) is 38.8 Å². The van der Waals surface area contributed by atoms with Crippen molar-refractivity contribution in [3.05, 3.63) is 89.7 Å². The van der Waals surface area contributed by atoms with Crippen molar-refractivity contribution < 1.29 is 9.18 Å². The van der Waals surface area contributed by atoms with Crippen LogP contribution >= 0.6 is 0 Å². The predicted octanol–water partition coefficient (Wildman–Crippen LogP) is 5.54. The minimum Gasteiger partial charge on any atom is -0.349 e. The van der Waals surface area contributed by atoms with Gasteiger partial charge in [0.05, 0.1) is 5.69 Å². The highest BCUT2D eigenvalue weighted by molar-refractivity contribution is 6.40. The lowest BCUT2D eigenvalue weighted by atomic mass is 10.0. The van der Waals surface area contributed by atoms with Gasteiger partial charge in [-0.25, -0.2) is 9.38 Å². The molecule has 0 aliphatic carbocycles.